The minimum atomic E-state index is 0.648. The smallest absolute Gasteiger partial charge is 0.159 e. The second kappa shape index (κ2) is 8.11. The fraction of sp³-hybridized carbons (Fsp3) is 0. The Morgan fingerprint density at radius 2 is 1.22 bits per heavy atom. The number of hydrogen-bond acceptors (Lipinski definition) is 3. The molecule has 0 aliphatic heterocycles. The summed E-state index contributed by atoms with van der Waals surface area (Å²) in [5, 5.41) is 16.0. The molecule has 0 saturated heterocycles. The topological polar surface area (TPSA) is 55.0 Å². The molecule has 0 radical (unpaired) electrons. The molecular weight excluding hydrogens is 504 g/mol. The van der Waals surface area contributed by atoms with Crippen LogP contribution < -0.4 is 0 Å². The van der Waals surface area contributed by atoms with Gasteiger partial charge in [0, 0.05) is 37.9 Å². The van der Waals surface area contributed by atoms with Crippen LogP contribution in [-0.4, -0.2) is 4.57 Å². The first-order valence-corrected chi connectivity index (χ1v) is 13.6. The molecule has 0 spiro atoms. The van der Waals surface area contributed by atoms with Crippen LogP contribution in [0, 0.1) is 11.3 Å². The third-order valence-corrected chi connectivity index (χ3v) is 8.23. The van der Waals surface area contributed by atoms with Crippen molar-refractivity contribution in [2.24, 2.45) is 0 Å². The number of nitrogens with zero attached hydrogens (tertiary/aromatic N) is 2. The van der Waals surface area contributed by atoms with Gasteiger partial charge in [0.05, 0.1) is 28.4 Å². The van der Waals surface area contributed by atoms with Gasteiger partial charge in [0.25, 0.3) is 0 Å². The van der Waals surface area contributed by atoms with Crippen LogP contribution in [0.2, 0.25) is 0 Å². The van der Waals surface area contributed by atoms with Crippen LogP contribution in [0.15, 0.2) is 130 Å². The summed E-state index contributed by atoms with van der Waals surface area (Å²) in [4.78, 5) is 0. The highest BCUT2D eigenvalue weighted by molar-refractivity contribution is 6.14. The second-order valence-corrected chi connectivity index (χ2v) is 10.4. The average molecular weight is 525 g/mol. The number of fused-ring (bicyclic) bond motifs is 9. The van der Waals surface area contributed by atoms with Gasteiger partial charge in [0.2, 0.25) is 0 Å². The monoisotopic (exact) mass is 524 g/mol. The molecule has 0 fully saturated rings. The maximum Gasteiger partial charge on any atom is 0.159 e. The van der Waals surface area contributed by atoms with Crippen LogP contribution in [0.4, 0.5) is 0 Å². The van der Waals surface area contributed by atoms with E-state index in [0.717, 1.165) is 82.5 Å². The lowest BCUT2D eigenvalue weighted by atomic mass is 10.0. The minimum absolute atomic E-state index is 0.648. The first-order valence-electron chi connectivity index (χ1n) is 13.6. The van der Waals surface area contributed by atoms with E-state index in [4.69, 9.17) is 8.83 Å². The molecule has 3 heterocycles. The van der Waals surface area contributed by atoms with Crippen molar-refractivity contribution in [1.29, 1.82) is 5.26 Å². The number of para-hydroxylation sites is 4. The van der Waals surface area contributed by atoms with Gasteiger partial charge in [-0.15, -0.1) is 0 Å². The highest BCUT2D eigenvalue weighted by Gasteiger charge is 2.19. The van der Waals surface area contributed by atoms with Crippen molar-refractivity contribution < 1.29 is 8.83 Å². The van der Waals surface area contributed by atoms with E-state index < -0.39 is 0 Å². The van der Waals surface area contributed by atoms with Crippen LogP contribution in [-0.2, 0) is 0 Å². The van der Waals surface area contributed by atoms with E-state index in [9.17, 15) is 5.26 Å². The van der Waals surface area contributed by atoms with E-state index in [2.05, 4.69) is 83.4 Å². The highest BCUT2D eigenvalue weighted by atomic mass is 16.3. The Morgan fingerprint density at radius 1 is 0.512 bits per heavy atom. The summed E-state index contributed by atoms with van der Waals surface area (Å²) >= 11 is 0. The summed E-state index contributed by atoms with van der Waals surface area (Å²) in [7, 11) is 0. The molecular formula is C37H20N2O2. The molecule has 0 atom stereocenters. The summed E-state index contributed by atoms with van der Waals surface area (Å²) in [6, 6.07) is 43.7. The Kier molecular flexibility index (Phi) is 4.37. The molecule has 0 bridgehead atoms. The number of nitriles is 1. The second-order valence-electron chi connectivity index (χ2n) is 10.4. The molecule has 0 amide bonds. The SMILES string of the molecule is N#Cc1ccc2c(c1)c1ccccc1n2-c1cccc2c1oc1ccc(-c3cccc4c3oc3ccccc34)cc12. The molecule has 4 nitrogen and oxygen atoms in total. The summed E-state index contributed by atoms with van der Waals surface area (Å²) in [6.07, 6.45) is 0. The fourth-order valence-electron chi connectivity index (χ4n) is 6.40. The average Bonchev–Trinajstić information content (AvgIpc) is 3.70. The van der Waals surface area contributed by atoms with Crippen LogP contribution >= 0.6 is 0 Å². The number of hydrogen-bond donors (Lipinski definition) is 0. The number of rotatable bonds is 2. The molecule has 41 heavy (non-hydrogen) atoms. The molecule has 190 valence electrons. The maximum atomic E-state index is 9.54. The van der Waals surface area contributed by atoms with Gasteiger partial charge in [0.1, 0.15) is 16.7 Å². The molecule has 0 aliphatic carbocycles. The summed E-state index contributed by atoms with van der Waals surface area (Å²) in [5.74, 6) is 0. The Hall–Kier alpha value is -5.79. The van der Waals surface area contributed by atoms with E-state index in [-0.39, 0.29) is 0 Å². The largest absolute Gasteiger partial charge is 0.455 e. The zero-order valence-electron chi connectivity index (χ0n) is 21.8. The predicted molar refractivity (Wildman–Crippen MR) is 165 cm³/mol. The molecule has 0 saturated carbocycles. The van der Waals surface area contributed by atoms with Crippen molar-refractivity contribution in [3.8, 4) is 22.9 Å². The molecule has 0 unspecified atom stereocenters. The van der Waals surface area contributed by atoms with Gasteiger partial charge >= 0.3 is 0 Å². The Labute approximate surface area is 233 Å². The van der Waals surface area contributed by atoms with E-state index in [1.165, 1.54) is 0 Å². The third-order valence-electron chi connectivity index (χ3n) is 8.23. The van der Waals surface area contributed by atoms with E-state index in [1.54, 1.807) is 0 Å². The van der Waals surface area contributed by atoms with Gasteiger partial charge < -0.3 is 13.4 Å². The van der Waals surface area contributed by atoms with Crippen LogP contribution in [0.5, 0.6) is 0 Å². The van der Waals surface area contributed by atoms with Crippen molar-refractivity contribution in [3.63, 3.8) is 0 Å². The van der Waals surface area contributed by atoms with Crippen molar-refractivity contribution in [2.45, 2.75) is 0 Å². The molecule has 0 aliphatic rings. The molecule has 9 rings (SSSR count). The zero-order chi connectivity index (χ0) is 27.1. The zero-order valence-corrected chi connectivity index (χ0v) is 21.8. The van der Waals surface area contributed by atoms with Gasteiger partial charge in [-0.05, 0) is 54.1 Å². The first kappa shape index (κ1) is 22.1. The summed E-state index contributed by atoms with van der Waals surface area (Å²) in [6.45, 7) is 0. The van der Waals surface area contributed by atoms with Crippen LogP contribution in [0.3, 0.4) is 0 Å². The quantitative estimate of drug-likeness (QED) is 0.226. The molecule has 9 aromatic rings. The van der Waals surface area contributed by atoms with Crippen molar-refractivity contribution >= 4 is 65.7 Å². The van der Waals surface area contributed by atoms with E-state index in [1.807, 2.05) is 48.5 Å². The van der Waals surface area contributed by atoms with Crippen molar-refractivity contribution in [3.05, 3.63) is 127 Å². The number of benzene rings is 6. The van der Waals surface area contributed by atoms with Gasteiger partial charge in [-0.3, -0.25) is 0 Å². The highest BCUT2D eigenvalue weighted by Crippen LogP contribution is 2.41. The lowest BCUT2D eigenvalue weighted by molar-refractivity contribution is 0.666. The fourth-order valence-corrected chi connectivity index (χ4v) is 6.40. The van der Waals surface area contributed by atoms with Crippen LogP contribution in [0.25, 0.3) is 82.5 Å². The van der Waals surface area contributed by atoms with Gasteiger partial charge in [-0.25, -0.2) is 0 Å². The van der Waals surface area contributed by atoms with Gasteiger partial charge in [0.15, 0.2) is 5.58 Å². The Balaban J connectivity index is 1.30. The minimum Gasteiger partial charge on any atom is -0.455 e. The molecule has 4 heteroatoms. The Bertz CT molecular complexity index is 2550. The van der Waals surface area contributed by atoms with Crippen molar-refractivity contribution in [1.82, 2.24) is 4.57 Å². The Morgan fingerprint density at radius 3 is 2.12 bits per heavy atom. The third kappa shape index (κ3) is 3.03. The van der Waals surface area contributed by atoms with Crippen molar-refractivity contribution in [2.75, 3.05) is 0 Å². The van der Waals surface area contributed by atoms with E-state index in [0.29, 0.717) is 5.56 Å². The maximum absolute atomic E-state index is 9.54. The van der Waals surface area contributed by atoms with Gasteiger partial charge in [-0.1, -0.05) is 72.8 Å². The summed E-state index contributed by atoms with van der Waals surface area (Å²) in [5.41, 5.74) is 9.31. The van der Waals surface area contributed by atoms with E-state index >= 15 is 0 Å². The summed E-state index contributed by atoms with van der Waals surface area (Å²) < 4.78 is 15.2. The van der Waals surface area contributed by atoms with Gasteiger partial charge in [-0.2, -0.15) is 5.26 Å². The predicted octanol–water partition coefficient (Wildman–Crippen LogP) is 10.1. The lowest BCUT2D eigenvalue weighted by Gasteiger charge is -2.08. The first-order chi connectivity index (χ1) is 20.3. The standard InChI is InChI=1S/C37H20N2O2/c38-21-22-15-17-32-29(19-22)25-7-1-3-12-31(25)39(32)33-13-6-11-28-30-20-23(16-18-35(30)41-37(28)33)24-9-5-10-27-26-8-2-4-14-34(26)40-36(24)27/h1-20H. The molecule has 6 aromatic carbocycles. The normalized spacial score (nSPS) is 11.9. The number of furan rings is 2. The van der Waals surface area contributed by atoms with Crippen LogP contribution in [0.1, 0.15) is 5.56 Å². The molecule has 3 aromatic heterocycles. The lowest BCUT2D eigenvalue weighted by Crippen LogP contribution is -1.94. The number of aromatic nitrogens is 1. The molecule has 0 N–H and O–H groups in total.